The minimum atomic E-state index is -1.06. The van der Waals surface area contributed by atoms with Crippen molar-refractivity contribution in [1.82, 2.24) is 9.88 Å². The van der Waals surface area contributed by atoms with Crippen LogP contribution >= 0.6 is 0 Å². The monoisotopic (exact) mass is 636 g/mol. The first-order valence-corrected chi connectivity index (χ1v) is 16.9. The van der Waals surface area contributed by atoms with E-state index in [9.17, 15) is 19.7 Å². The molecule has 1 aromatic carbocycles. The highest BCUT2D eigenvalue weighted by molar-refractivity contribution is 6.43. The van der Waals surface area contributed by atoms with Gasteiger partial charge in [0.25, 0.3) is 0 Å². The number of amides is 2. The standard InChI is InChI=1S/C37H41BN2O7/c41-22-29-16-15-28(46-29)19-24(32-13-7-8-18-39-32)14-17-33-34-25(23-45-27-11-5-2-6-12-27)20-30-35(31(34)21-38(44)47-33)37(43)40(36(30)42)26-9-3-1-4-10-26/h2,5-8,11-13,15-16,18-19,26,30-31,33,35,41,44H,1,3-4,9-10,14,17,20-23H2/b24-19-/t30-,31+,33-,35-/m1/s1. The van der Waals surface area contributed by atoms with Crippen molar-refractivity contribution in [3.8, 4) is 5.75 Å². The minimum absolute atomic E-state index is 0.0404. The van der Waals surface area contributed by atoms with Crippen molar-refractivity contribution in [2.75, 3.05) is 6.61 Å². The zero-order valence-corrected chi connectivity index (χ0v) is 26.5. The number of rotatable bonds is 10. The molecular weight excluding hydrogens is 595 g/mol. The third-order valence-corrected chi connectivity index (χ3v) is 10.3. The van der Waals surface area contributed by atoms with Crippen LogP contribution in [0.15, 0.2) is 82.4 Å². The molecule has 2 N–H and O–H groups in total. The Labute approximate surface area is 275 Å². The van der Waals surface area contributed by atoms with Gasteiger partial charge in [-0.25, -0.2) is 0 Å². The van der Waals surface area contributed by atoms with Crippen LogP contribution in [0.3, 0.4) is 0 Å². The summed E-state index contributed by atoms with van der Waals surface area (Å²) < 4.78 is 18.3. The topological polar surface area (TPSA) is 122 Å². The Kier molecular flexibility index (Phi) is 9.42. The number of aliphatic hydroxyl groups is 1. The Hall–Kier alpha value is -3.99. The van der Waals surface area contributed by atoms with Crippen molar-refractivity contribution < 1.29 is 33.5 Å². The molecule has 0 bridgehead atoms. The molecule has 2 amide bonds. The summed E-state index contributed by atoms with van der Waals surface area (Å²) in [6.07, 6.45) is 9.85. The summed E-state index contributed by atoms with van der Waals surface area (Å²) in [4.78, 5) is 34.3. The molecule has 10 heteroatoms. The van der Waals surface area contributed by atoms with E-state index in [1.54, 1.807) is 17.2 Å². The third-order valence-electron chi connectivity index (χ3n) is 10.3. The van der Waals surface area contributed by atoms with Crippen molar-refractivity contribution in [3.63, 3.8) is 0 Å². The van der Waals surface area contributed by atoms with Crippen molar-refractivity contribution in [1.29, 1.82) is 0 Å². The number of ether oxygens (including phenoxy) is 1. The van der Waals surface area contributed by atoms with E-state index in [1.807, 2.05) is 60.7 Å². The van der Waals surface area contributed by atoms with E-state index in [2.05, 4.69) is 4.98 Å². The predicted octanol–water partition coefficient (Wildman–Crippen LogP) is 5.70. The van der Waals surface area contributed by atoms with Crippen LogP contribution in [-0.4, -0.2) is 57.7 Å². The van der Waals surface area contributed by atoms with Crippen molar-refractivity contribution in [3.05, 3.63) is 95.2 Å². The zero-order valence-electron chi connectivity index (χ0n) is 26.5. The Morgan fingerprint density at radius 1 is 1.00 bits per heavy atom. The number of nitrogens with zero attached hydrogens (tertiary/aromatic N) is 2. The summed E-state index contributed by atoms with van der Waals surface area (Å²) in [5.41, 5.74) is 3.66. The van der Waals surface area contributed by atoms with Gasteiger partial charge in [0.2, 0.25) is 11.8 Å². The summed E-state index contributed by atoms with van der Waals surface area (Å²) in [5.74, 6) is 0.369. The number of hydrogen-bond donors (Lipinski definition) is 2. The lowest BCUT2D eigenvalue weighted by Gasteiger charge is -2.43. The average molecular weight is 637 g/mol. The van der Waals surface area contributed by atoms with Gasteiger partial charge in [-0.3, -0.25) is 19.5 Å². The molecule has 2 aromatic heterocycles. The first-order chi connectivity index (χ1) is 23.0. The van der Waals surface area contributed by atoms with Crippen LogP contribution in [0, 0.1) is 17.8 Å². The maximum Gasteiger partial charge on any atom is 0.455 e. The molecule has 47 heavy (non-hydrogen) atoms. The van der Waals surface area contributed by atoms with E-state index in [1.165, 1.54) is 0 Å². The van der Waals surface area contributed by atoms with E-state index < -0.39 is 25.1 Å². The first kappa shape index (κ1) is 31.6. The number of furan rings is 1. The molecule has 1 saturated carbocycles. The van der Waals surface area contributed by atoms with E-state index in [4.69, 9.17) is 13.8 Å². The maximum atomic E-state index is 14.2. The molecule has 0 radical (unpaired) electrons. The number of carbonyl (C=O) groups excluding carboxylic acids is 2. The maximum absolute atomic E-state index is 14.2. The van der Waals surface area contributed by atoms with Gasteiger partial charge in [0.05, 0.1) is 23.6 Å². The number of likely N-dealkylation sites (tertiary alicyclic amines) is 1. The van der Waals surface area contributed by atoms with Crippen molar-refractivity contribution in [2.45, 2.75) is 76.4 Å². The molecule has 7 rings (SSSR count). The molecule has 3 aromatic rings. The van der Waals surface area contributed by atoms with Crippen molar-refractivity contribution >= 4 is 30.6 Å². The van der Waals surface area contributed by atoms with Crippen LogP contribution in [0.2, 0.25) is 6.32 Å². The minimum Gasteiger partial charge on any atom is -0.489 e. The molecule has 2 aliphatic heterocycles. The predicted molar refractivity (Wildman–Crippen MR) is 176 cm³/mol. The number of aliphatic hydroxyl groups excluding tert-OH is 1. The Morgan fingerprint density at radius 3 is 2.55 bits per heavy atom. The fraction of sp³-hybridized carbons (Fsp3) is 0.432. The normalized spacial score (nSPS) is 25.3. The quantitative estimate of drug-likeness (QED) is 0.165. The van der Waals surface area contributed by atoms with Crippen LogP contribution in [0.5, 0.6) is 5.75 Å². The second-order valence-electron chi connectivity index (χ2n) is 13.1. The molecule has 3 fully saturated rings. The summed E-state index contributed by atoms with van der Waals surface area (Å²) in [6.45, 7) is 0.0880. The average Bonchev–Trinajstić information content (AvgIpc) is 3.67. The summed E-state index contributed by atoms with van der Waals surface area (Å²) in [5, 5.41) is 20.6. The van der Waals surface area contributed by atoms with Crippen LogP contribution in [0.1, 0.15) is 68.6 Å². The van der Waals surface area contributed by atoms with Crippen LogP contribution in [-0.2, 0) is 20.9 Å². The van der Waals surface area contributed by atoms with Crippen LogP contribution in [0.25, 0.3) is 11.6 Å². The van der Waals surface area contributed by atoms with Gasteiger partial charge in [-0.1, -0.05) is 43.5 Å². The molecule has 0 unspecified atom stereocenters. The summed E-state index contributed by atoms with van der Waals surface area (Å²) in [6, 6.07) is 18.8. The van der Waals surface area contributed by atoms with E-state index in [0.29, 0.717) is 30.8 Å². The van der Waals surface area contributed by atoms with Crippen LogP contribution < -0.4 is 4.74 Å². The zero-order chi connectivity index (χ0) is 32.3. The number of aromatic nitrogens is 1. The fourth-order valence-electron chi connectivity index (χ4n) is 8.15. The van der Waals surface area contributed by atoms with Gasteiger partial charge in [-0.15, -0.1) is 0 Å². The lowest BCUT2D eigenvalue weighted by molar-refractivity contribution is -0.143. The fourth-order valence-corrected chi connectivity index (χ4v) is 8.15. The lowest BCUT2D eigenvalue weighted by Crippen LogP contribution is -2.47. The number of pyridine rings is 1. The van der Waals surface area contributed by atoms with Gasteiger partial charge in [-0.05, 0) is 104 Å². The van der Waals surface area contributed by atoms with Gasteiger partial charge in [0.1, 0.15) is 30.5 Å². The largest absolute Gasteiger partial charge is 0.489 e. The third kappa shape index (κ3) is 6.59. The molecule has 244 valence electrons. The van der Waals surface area contributed by atoms with Gasteiger partial charge < -0.3 is 23.9 Å². The van der Waals surface area contributed by atoms with Gasteiger partial charge in [-0.2, -0.15) is 0 Å². The second kappa shape index (κ2) is 14.0. The second-order valence-corrected chi connectivity index (χ2v) is 13.1. The molecule has 4 atom stereocenters. The van der Waals surface area contributed by atoms with Crippen molar-refractivity contribution in [2.24, 2.45) is 17.8 Å². The highest BCUT2D eigenvalue weighted by atomic mass is 16.5. The molecule has 4 heterocycles. The van der Waals surface area contributed by atoms with E-state index >= 15 is 0 Å². The number of allylic oxidation sites excluding steroid dienone is 1. The van der Waals surface area contributed by atoms with E-state index in [-0.39, 0.29) is 43.3 Å². The van der Waals surface area contributed by atoms with Crippen LogP contribution in [0.4, 0.5) is 0 Å². The number of para-hydroxylation sites is 1. The van der Waals surface area contributed by atoms with Gasteiger partial charge in [0.15, 0.2) is 0 Å². The molecule has 2 aliphatic carbocycles. The summed E-state index contributed by atoms with van der Waals surface area (Å²) in [7, 11) is -1.06. The lowest BCUT2D eigenvalue weighted by atomic mass is 9.58. The van der Waals surface area contributed by atoms with Gasteiger partial charge >= 0.3 is 7.12 Å². The number of imide groups is 1. The molecule has 9 nitrogen and oxygen atoms in total. The first-order valence-electron chi connectivity index (χ1n) is 16.9. The number of fused-ring (bicyclic) bond motifs is 3. The highest BCUT2D eigenvalue weighted by Crippen LogP contribution is 2.51. The van der Waals surface area contributed by atoms with Gasteiger partial charge in [0, 0.05) is 12.2 Å². The SMILES string of the molecule is O=C1[C@@H]2[C@@H](CC(COc3ccccc3)=C3[C@@H](CC/C(=C/c4ccc(CO)o4)c4ccccn4)OB(O)C[C@@H]32)C(=O)N1C1CCCCC1. The van der Waals surface area contributed by atoms with E-state index in [0.717, 1.165) is 60.3 Å². The molecular formula is C37H41BN2O7. The molecule has 0 spiro atoms. The number of carbonyl (C=O) groups is 2. The Morgan fingerprint density at radius 2 is 1.81 bits per heavy atom. The summed E-state index contributed by atoms with van der Waals surface area (Å²) >= 11 is 0. The number of benzene rings is 1. The number of hydrogen-bond acceptors (Lipinski definition) is 8. The Bertz CT molecular complexity index is 1630. The smallest absolute Gasteiger partial charge is 0.455 e. The highest BCUT2D eigenvalue weighted by Gasteiger charge is 2.58. The molecule has 2 saturated heterocycles. The Balaban J connectivity index is 1.21. The molecule has 4 aliphatic rings.